The normalized spacial score (nSPS) is 28.6. The lowest BCUT2D eigenvalue weighted by Gasteiger charge is -2.43. The molecule has 1 saturated heterocycles. The molecule has 4 N–H and O–H groups in total. The second kappa shape index (κ2) is 8.83. The Morgan fingerprint density at radius 3 is 2.36 bits per heavy atom. The molecule has 5 nitrogen and oxygen atoms in total. The zero-order valence-electron chi connectivity index (χ0n) is 16.8. The van der Waals surface area contributed by atoms with E-state index in [-0.39, 0.29) is 12.5 Å². The molecule has 0 aromatic carbocycles. The summed E-state index contributed by atoms with van der Waals surface area (Å²) in [6.07, 6.45) is 6.74. The molecule has 25 heavy (non-hydrogen) atoms. The molecule has 0 aromatic heterocycles. The van der Waals surface area contributed by atoms with E-state index in [1.165, 1.54) is 32.1 Å². The molecule has 0 aromatic rings. The van der Waals surface area contributed by atoms with Crippen LogP contribution in [0.3, 0.4) is 0 Å². The average Bonchev–Trinajstić information content (AvgIpc) is 2.60. The molecular weight excluding hydrogens is 312 g/mol. The Morgan fingerprint density at radius 2 is 1.80 bits per heavy atom. The Kier molecular flexibility index (Phi) is 7.29. The van der Waals surface area contributed by atoms with Crippen molar-refractivity contribution in [2.45, 2.75) is 71.9 Å². The molecule has 1 saturated carbocycles. The molecule has 1 aliphatic heterocycles. The first-order chi connectivity index (χ1) is 11.7. The first-order valence-corrected chi connectivity index (χ1v) is 10.2. The highest BCUT2D eigenvalue weighted by molar-refractivity contribution is 5.82. The zero-order chi connectivity index (χ0) is 18.6. The fraction of sp³-hybridized carbons (Fsp3) is 0.950. The maximum Gasteiger partial charge on any atom is 0.240 e. The quantitative estimate of drug-likeness (QED) is 0.794. The average molecular weight is 353 g/mol. The van der Waals surface area contributed by atoms with Crippen LogP contribution in [0.5, 0.6) is 0 Å². The van der Waals surface area contributed by atoms with Crippen molar-refractivity contribution in [2.75, 3.05) is 32.7 Å². The molecule has 0 radical (unpaired) electrons. The number of piperazine rings is 1. The van der Waals surface area contributed by atoms with E-state index in [0.717, 1.165) is 38.0 Å². The van der Waals surface area contributed by atoms with Crippen molar-refractivity contribution < 1.29 is 4.79 Å². The van der Waals surface area contributed by atoms with Crippen molar-refractivity contribution in [3.8, 4) is 0 Å². The van der Waals surface area contributed by atoms with Gasteiger partial charge in [-0.2, -0.15) is 0 Å². The summed E-state index contributed by atoms with van der Waals surface area (Å²) in [5, 5.41) is 0. The van der Waals surface area contributed by atoms with E-state index < -0.39 is 6.04 Å². The van der Waals surface area contributed by atoms with Crippen molar-refractivity contribution in [3.63, 3.8) is 0 Å². The Hall–Kier alpha value is -0.650. The minimum Gasteiger partial charge on any atom is -0.339 e. The van der Waals surface area contributed by atoms with Gasteiger partial charge in [0.25, 0.3) is 0 Å². The Labute approximate surface area is 154 Å². The van der Waals surface area contributed by atoms with Crippen LogP contribution in [0.4, 0.5) is 0 Å². The van der Waals surface area contributed by atoms with Crippen molar-refractivity contribution in [3.05, 3.63) is 0 Å². The van der Waals surface area contributed by atoms with Gasteiger partial charge < -0.3 is 16.4 Å². The van der Waals surface area contributed by atoms with Gasteiger partial charge >= 0.3 is 0 Å². The minimum absolute atomic E-state index is 0.0164. The molecule has 0 spiro atoms. The van der Waals surface area contributed by atoms with Crippen LogP contribution in [-0.2, 0) is 4.79 Å². The van der Waals surface area contributed by atoms with E-state index in [2.05, 4.69) is 32.6 Å². The third-order valence-corrected chi connectivity index (χ3v) is 6.63. The Morgan fingerprint density at radius 1 is 1.16 bits per heavy atom. The number of carbonyl (C=O) groups excluding carboxylic acids is 1. The minimum atomic E-state index is -0.538. The predicted octanol–water partition coefficient (Wildman–Crippen LogP) is 2.05. The highest BCUT2D eigenvalue weighted by Crippen LogP contribution is 2.37. The molecule has 1 aliphatic carbocycles. The van der Waals surface area contributed by atoms with Crippen LogP contribution >= 0.6 is 0 Å². The number of nitrogens with two attached hydrogens (primary N) is 2. The molecular formula is C20H40N4O. The summed E-state index contributed by atoms with van der Waals surface area (Å²) in [5.74, 6) is 1.64. The molecule has 5 heteroatoms. The maximum atomic E-state index is 12.2. The van der Waals surface area contributed by atoms with Gasteiger partial charge in [-0.15, -0.1) is 0 Å². The number of nitrogens with zero attached hydrogens (tertiary/aromatic N) is 2. The van der Waals surface area contributed by atoms with Gasteiger partial charge in [0.15, 0.2) is 0 Å². The lowest BCUT2D eigenvalue weighted by atomic mass is 9.73. The van der Waals surface area contributed by atoms with Crippen molar-refractivity contribution in [2.24, 2.45) is 28.7 Å². The lowest BCUT2D eigenvalue weighted by molar-refractivity contribution is -0.134. The highest BCUT2D eigenvalue weighted by Gasteiger charge is 2.32. The van der Waals surface area contributed by atoms with Crippen molar-refractivity contribution >= 4 is 5.91 Å². The first-order valence-electron chi connectivity index (χ1n) is 10.2. The van der Waals surface area contributed by atoms with Gasteiger partial charge in [-0.3, -0.25) is 9.69 Å². The summed E-state index contributed by atoms with van der Waals surface area (Å²) in [4.78, 5) is 16.7. The number of hydrogen-bond acceptors (Lipinski definition) is 4. The van der Waals surface area contributed by atoms with E-state index >= 15 is 0 Å². The number of amides is 1. The lowest BCUT2D eigenvalue weighted by Crippen LogP contribution is -2.56. The van der Waals surface area contributed by atoms with Crippen LogP contribution in [0.15, 0.2) is 0 Å². The van der Waals surface area contributed by atoms with Gasteiger partial charge in [-0.05, 0) is 36.5 Å². The molecule has 146 valence electrons. The van der Waals surface area contributed by atoms with Gasteiger partial charge in [0, 0.05) is 38.8 Å². The fourth-order valence-electron chi connectivity index (χ4n) is 4.30. The molecule has 4 atom stereocenters. The maximum absolute atomic E-state index is 12.2. The third-order valence-electron chi connectivity index (χ3n) is 6.63. The van der Waals surface area contributed by atoms with Gasteiger partial charge in [0.05, 0.1) is 6.04 Å². The van der Waals surface area contributed by atoms with E-state index in [0.29, 0.717) is 11.5 Å². The summed E-state index contributed by atoms with van der Waals surface area (Å²) < 4.78 is 0. The van der Waals surface area contributed by atoms with E-state index in [1.807, 2.05) is 4.90 Å². The van der Waals surface area contributed by atoms with Gasteiger partial charge in [0.1, 0.15) is 0 Å². The molecule has 0 bridgehead atoms. The van der Waals surface area contributed by atoms with Gasteiger partial charge in [-0.1, -0.05) is 40.5 Å². The standard InChI is InChI=1S/C20H40N4O/c1-15(20(2,3)4)12-16-6-5-7-17(13-16)23-8-10-24(11-9-23)19(25)18(22)14-21/h15-18H,5-14,21-22H2,1-4H3. The van der Waals surface area contributed by atoms with E-state index in [1.54, 1.807) is 0 Å². The number of rotatable bonds is 5. The summed E-state index contributed by atoms with van der Waals surface area (Å²) in [6.45, 7) is 13.3. The van der Waals surface area contributed by atoms with Gasteiger partial charge in [0.2, 0.25) is 5.91 Å². The first kappa shape index (κ1) is 20.7. The zero-order valence-corrected chi connectivity index (χ0v) is 16.8. The monoisotopic (exact) mass is 352 g/mol. The van der Waals surface area contributed by atoms with Crippen molar-refractivity contribution in [1.82, 2.24) is 9.80 Å². The second-order valence-corrected chi connectivity index (χ2v) is 9.39. The highest BCUT2D eigenvalue weighted by atomic mass is 16.2. The third kappa shape index (κ3) is 5.66. The topological polar surface area (TPSA) is 75.6 Å². The largest absolute Gasteiger partial charge is 0.339 e. The SMILES string of the molecule is CC(CC1CCCC(N2CCN(C(=O)C(N)CN)CC2)C1)C(C)(C)C. The Bertz CT molecular complexity index is 426. The molecule has 2 aliphatic rings. The second-order valence-electron chi connectivity index (χ2n) is 9.39. The summed E-state index contributed by atoms with van der Waals surface area (Å²) in [7, 11) is 0. The molecule has 1 heterocycles. The van der Waals surface area contributed by atoms with Crippen LogP contribution in [0.1, 0.15) is 59.8 Å². The van der Waals surface area contributed by atoms with Gasteiger partial charge in [-0.25, -0.2) is 0 Å². The summed E-state index contributed by atoms with van der Waals surface area (Å²) in [6, 6.07) is 0.163. The Balaban J connectivity index is 1.82. The van der Waals surface area contributed by atoms with Crippen molar-refractivity contribution in [1.29, 1.82) is 0 Å². The van der Waals surface area contributed by atoms with Crippen LogP contribution in [0.25, 0.3) is 0 Å². The number of carbonyl (C=O) groups is 1. The molecule has 1 amide bonds. The molecule has 4 unspecified atom stereocenters. The van der Waals surface area contributed by atoms with E-state index in [4.69, 9.17) is 11.5 Å². The molecule has 2 rings (SSSR count). The summed E-state index contributed by atoms with van der Waals surface area (Å²) >= 11 is 0. The van der Waals surface area contributed by atoms with Crippen LogP contribution in [-0.4, -0.2) is 60.5 Å². The van der Waals surface area contributed by atoms with Crippen LogP contribution < -0.4 is 11.5 Å². The number of hydrogen-bond donors (Lipinski definition) is 2. The van der Waals surface area contributed by atoms with E-state index in [9.17, 15) is 4.79 Å². The molecule has 2 fully saturated rings. The van der Waals surface area contributed by atoms with Crippen LogP contribution in [0, 0.1) is 17.3 Å². The predicted molar refractivity (Wildman–Crippen MR) is 104 cm³/mol. The smallest absolute Gasteiger partial charge is 0.240 e. The fourth-order valence-corrected chi connectivity index (χ4v) is 4.30. The summed E-state index contributed by atoms with van der Waals surface area (Å²) in [5.41, 5.74) is 11.7. The van der Waals surface area contributed by atoms with Crippen LogP contribution in [0.2, 0.25) is 0 Å².